The Morgan fingerprint density at radius 1 is 1.07 bits per heavy atom. The SMILES string of the molecule is O=C([C@@H]1CCCC[C@H]1c1nc2ccccc2s1)N1CCN(c2nccs2)CC1. The molecule has 0 N–H and O–H groups in total. The highest BCUT2D eigenvalue weighted by atomic mass is 32.1. The summed E-state index contributed by atoms with van der Waals surface area (Å²) in [6, 6.07) is 8.31. The molecule has 1 saturated carbocycles. The fourth-order valence-electron chi connectivity index (χ4n) is 4.50. The molecule has 7 heteroatoms. The molecule has 1 aromatic carbocycles. The minimum absolute atomic E-state index is 0.0840. The van der Waals surface area contributed by atoms with Gasteiger partial charge in [-0.15, -0.1) is 22.7 Å². The molecule has 3 aromatic rings. The molecule has 0 radical (unpaired) electrons. The lowest BCUT2D eigenvalue weighted by Crippen LogP contribution is -2.51. The van der Waals surface area contributed by atoms with Gasteiger partial charge in [0.2, 0.25) is 5.91 Å². The van der Waals surface area contributed by atoms with E-state index in [0.717, 1.165) is 61.1 Å². The van der Waals surface area contributed by atoms with Crippen LogP contribution < -0.4 is 4.90 Å². The van der Waals surface area contributed by atoms with E-state index in [1.807, 2.05) is 17.6 Å². The predicted octanol–water partition coefficient (Wildman–Crippen LogP) is 4.38. The summed E-state index contributed by atoms with van der Waals surface area (Å²) in [6.45, 7) is 3.33. The summed E-state index contributed by atoms with van der Waals surface area (Å²) in [5, 5.41) is 4.23. The van der Waals surface area contributed by atoms with Crippen LogP contribution in [0.25, 0.3) is 10.2 Å². The second kappa shape index (κ2) is 7.79. The van der Waals surface area contributed by atoms with Crippen molar-refractivity contribution in [2.45, 2.75) is 31.6 Å². The van der Waals surface area contributed by atoms with Gasteiger partial charge in [0.15, 0.2) is 5.13 Å². The first kappa shape index (κ1) is 18.1. The Hall–Kier alpha value is -1.99. The van der Waals surface area contributed by atoms with Gasteiger partial charge in [0.1, 0.15) is 0 Å². The lowest BCUT2D eigenvalue weighted by molar-refractivity contribution is -0.137. The van der Waals surface area contributed by atoms with Crippen molar-refractivity contribution in [3.8, 4) is 0 Å². The zero-order chi connectivity index (χ0) is 18.9. The van der Waals surface area contributed by atoms with E-state index < -0.39 is 0 Å². The number of hydrogen-bond donors (Lipinski definition) is 0. The van der Waals surface area contributed by atoms with E-state index in [1.54, 1.807) is 22.7 Å². The first-order chi connectivity index (χ1) is 13.8. The number of amides is 1. The van der Waals surface area contributed by atoms with Gasteiger partial charge in [0.05, 0.1) is 15.2 Å². The van der Waals surface area contributed by atoms with Crippen LogP contribution in [-0.4, -0.2) is 47.0 Å². The van der Waals surface area contributed by atoms with Gasteiger partial charge in [0, 0.05) is 49.6 Å². The van der Waals surface area contributed by atoms with Gasteiger partial charge in [-0.05, 0) is 25.0 Å². The largest absolute Gasteiger partial charge is 0.345 e. The highest BCUT2D eigenvalue weighted by Gasteiger charge is 2.37. The summed E-state index contributed by atoms with van der Waals surface area (Å²) in [7, 11) is 0. The minimum Gasteiger partial charge on any atom is -0.345 e. The second-order valence-corrected chi connectivity index (χ2v) is 9.58. The third-order valence-electron chi connectivity index (χ3n) is 5.99. The Labute approximate surface area is 173 Å². The number of rotatable bonds is 3. The number of carbonyl (C=O) groups is 1. The van der Waals surface area contributed by atoms with Crippen molar-refractivity contribution in [1.29, 1.82) is 0 Å². The van der Waals surface area contributed by atoms with Crippen molar-refractivity contribution in [2.24, 2.45) is 5.92 Å². The number of nitrogens with zero attached hydrogens (tertiary/aromatic N) is 4. The van der Waals surface area contributed by atoms with Crippen molar-refractivity contribution in [2.75, 3.05) is 31.1 Å². The molecule has 1 saturated heterocycles. The smallest absolute Gasteiger partial charge is 0.226 e. The third kappa shape index (κ3) is 3.42. The monoisotopic (exact) mass is 412 g/mol. The molecule has 0 bridgehead atoms. The highest BCUT2D eigenvalue weighted by Crippen LogP contribution is 2.41. The Morgan fingerprint density at radius 2 is 1.89 bits per heavy atom. The average Bonchev–Trinajstić information content (AvgIpc) is 3.43. The van der Waals surface area contributed by atoms with Gasteiger partial charge < -0.3 is 9.80 Å². The summed E-state index contributed by atoms with van der Waals surface area (Å²) in [5.74, 6) is 0.694. The van der Waals surface area contributed by atoms with Gasteiger partial charge in [-0.3, -0.25) is 4.79 Å². The van der Waals surface area contributed by atoms with Gasteiger partial charge in [-0.25, -0.2) is 9.97 Å². The van der Waals surface area contributed by atoms with Crippen molar-refractivity contribution in [1.82, 2.24) is 14.9 Å². The average molecular weight is 413 g/mol. The maximum Gasteiger partial charge on any atom is 0.226 e. The number of thiazole rings is 2. The number of fused-ring (bicyclic) bond motifs is 1. The molecule has 2 aliphatic rings. The van der Waals surface area contributed by atoms with E-state index in [0.29, 0.717) is 5.91 Å². The molecule has 2 fully saturated rings. The number of anilines is 1. The van der Waals surface area contributed by atoms with Crippen LogP contribution in [0.2, 0.25) is 0 Å². The van der Waals surface area contributed by atoms with E-state index in [4.69, 9.17) is 4.98 Å². The Balaban J connectivity index is 1.31. The van der Waals surface area contributed by atoms with Crippen LogP contribution in [-0.2, 0) is 4.79 Å². The van der Waals surface area contributed by atoms with E-state index in [9.17, 15) is 4.79 Å². The summed E-state index contributed by atoms with van der Waals surface area (Å²) in [4.78, 5) is 27.1. The quantitative estimate of drug-likeness (QED) is 0.641. The van der Waals surface area contributed by atoms with Crippen LogP contribution >= 0.6 is 22.7 Å². The van der Waals surface area contributed by atoms with Gasteiger partial charge >= 0.3 is 0 Å². The maximum absolute atomic E-state index is 13.4. The first-order valence-electron chi connectivity index (χ1n) is 10.1. The standard InChI is InChI=1S/C21H24N4OS2/c26-20(24-10-12-25(13-11-24)21-22-9-14-27-21)16-6-2-1-5-15(16)19-23-17-7-3-4-8-18(17)28-19/h3-4,7-9,14-16H,1-2,5-6,10-13H2/t15-,16-/m1/s1. The summed E-state index contributed by atoms with van der Waals surface area (Å²) >= 11 is 3.44. The molecule has 1 aliphatic heterocycles. The molecule has 28 heavy (non-hydrogen) atoms. The van der Waals surface area contributed by atoms with Gasteiger partial charge in [0.25, 0.3) is 0 Å². The fraction of sp³-hybridized carbons (Fsp3) is 0.476. The molecule has 5 rings (SSSR count). The van der Waals surface area contributed by atoms with Crippen molar-refractivity contribution in [3.05, 3.63) is 40.8 Å². The molecule has 0 spiro atoms. The lowest BCUT2D eigenvalue weighted by Gasteiger charge is -2.38. The number of benzene rings is 1. The summed E-state index contributed by atoms with van der Waals surface area (Å²) < 4.78 is 1.23. The summed E-state index contributed by atoms with van der Waals surface area (Å²) in [5.41, 5.74) is 1.07. The minimum atomic E-state index is 0.0840. The fourth-order valence-corrected chi connectivity index (χ4v) is 6.36. The lowest BCUT2D eigenvalue weighted by atomic mass is 9.78. The van der Waals surface area contributed by atoms with Crippen LogP contribution in [0, 0.1) is 5.92 Å². The molecule has 5 nitrogen and oxygen atoms in total. The van der Waals surface area contributed by atoms with Gasteiger partial charge in [-0.2, -0.15) is 0 Å². The molecule has 3 heterocycles. The Bertz CT molecular complexity index is 913. The van der Waals surface area contributed by atoms with E-state index in [1.165, 1.54) is 11.1 Å². The van der Waals surface area contributed by atoms with Crippen molar-refractivity contribution < 1.29 is 4.79 Å². The maximum atomic E-state index is 13.4. The van der Waals surface area contributed by atoms with Crippen molar-refractivity contribution in [3.63, 3.8) is 0 Å². The van der Waals surface area contributed by atoms with Crippen LogP contribution in [0.1, 0.15) is 36.6 Å². The normalized spacial score (nSPS) is 23.3. The molecule has 2 aromatic heterocycles. The molecule has 1 amide bonds. The number of carbonyl (C=O) groups excluding carboxylic acids is 1. The van der Waals surface area contributed by atoms with Crippen LogP contribution in [0.4, 0.5) is 5.13 Å². The Kier molecular flexibility index (Phi) is 5.03. The number of para-hydroxylation sites is 1. The molecule has 2 atom stereocenters. The van der Waals surface area contributed by atoms with E-state index in [-0.39, 0.29) is 11.8 Å². The van der Waals surface area contributed by atoms with Crippen LogP contribution in [0.15, 0.2) is 35.8 Å². The number of aromatic nitrogens is 2. The first-order valence-corrected chi connectivity index (χ1v) is 11.8. The predicted molar refractivity (Wildman–Crippen MR) is 115 cm³/mol. The van der Waals surface area contributed by atoms with Crippen LogP contribution in [0.3, 0.4) is 0 Å². The van der Waals surface area contributed by atoms with E-state index >= 15 is 0 Å². The second-order valence-electron chi connectivity index (χ2n) is 7.64. The molecular weight excluding hydrogens is 388 g/mol. The Morgan fingerprint density at radius 3 is 2.68 bits per heavy atom. The topological polar surface area (TPSA) is 49.3 Å². The zero-order valence-corrected chi connectivity index (χ0v) is 17.4. The highest BCUT2D eigenvalue weighted by molar-refractivity contribution is 7.18. The molecule has 146 valence electrons. The summed E-state index contributed by atoms with van der Waals surface area (Å²) in [6.07, 6.45) is 6.27. The zero-order valence-electron chi connectivity index (χ0n) is 15.8. The van der Waals surface area contributed by atoms with Gasteiger partial charge in [-0.1, -0.05) is 25.0 Å². The molecule has 1 aliphatic carbocycles. The number of hydrogen-bond acceptors (Lipinski definition) is 6. The number of piperazine rings is 1. The molecule has 0 unspecified atom stereocenters. The van der Waals surface area contributed by atoms with E-state index in [2.05, 4.69) is 33.0 Å². The molecular formula is C21H24N4OS2. The van der Waals surface area contributed by atoms with Crippen LogP contribution in [0.5, 0.6) is 0 Å². The van der Waals surface area contributed by atoms with Crippen molar-refractivity contribution >= 4 is 43.9 Å². The third-order valence-corrected chi connectivity index (χ3v) is 7.99.